The SMILES string of the molecule is Nc1nc2c(ncn2[C@@H]2O[C@H]3CC[C@H]4C[C@H](n5ccc6c(N)ncnc65)O[C@@H]4COP(O)(=S)O[C@@H]2C3)c(=O)[nH]1. The average Bonchev–Trinajstić information content (AvgIpc) is 3.65. The number of hydrogen-bond donors (Lipinski definition) is 4. The summed E-state index contributed by atoms with van der Waals surface area (Å²) >= 11 is 5.38. The second-order valence-electron chi connectivity index (χ2n) is 9.99. The molecule has 39 heavy (non-hydrogen) atoms. The van der Waals surface area contributed by atoms with E-state index in [4.69, 9.17) is 41.8 Å². The second-order valence-corrected chi connectivity index (χ2v) is 12.8. The molecule has 206 valence electrons. The van der Waals surface area contributed by atoms with E-state index in [1.54, 1.807) is 4.57 Å². The molecule has 15 nitrogen and oxygen atoms in total. The van der Waals surface area contributed by atoms with Crippen molar-refractivity contribution >= 4 is 52.5 Å². The fraction of sp³-hybridized carbons (Fsp3) is 0.500. The quantitative estimate of drug-likeness (QED) is 0.249. The van der Waals surface area contributed by atoms with Gasteiger partial charge in [0.1, 0.15) is 30.1 Å². The maximum atomic E-state index is 12.3. The van der Waals surface area contributed by atoms with Crippen LogP contribution in [0.1, 0.15) is 38.1 Å². The summed E-state index contributed by atoms with van der Waals surface area (Å²) in [5, 5.41) is 0.757. The highest BCUT2D eigenvalue weighted by Crippen LogP contribution is 2.52. The van der Waals surface area contributed by atoms with E-state index in [9.17, 15) is 9.69 Å². The Labute approximate surface area is 225 Å². The number of ether oxygens (including phenoxy) is 2. The predicted octanol–water partition coefficient (Wildman–Crippen LogP) is 1.33. The van der Waals surface area contributed by atoms with Gasteiger partial charge in [0, 0.05) is 12.6 Å². The largest absolute Gasteiger partial charge is 0.383 e. The van der Waals surface area contributed by atoms with E-state index in [1.165, 1.54) is 12.7 Å². The maximum absolute atomic E-state index is 12.3. The molecule has 0 saturated carbocycles. The van der Waals surface area contributed by atoms with Crippen molar-refractivity contribution < 1.29 is 23.4 Å². The van der Waals surface area contributed by atoms with Gasteiger partial charge in [-0.05, 0) is 43.1 Å². The van der Waals surface area contributed by atoms with Crippen LogP contribution in [0.15, 0.2) is 29.7 Å². The molecule has 7 heterocycles. The Hall–Kier alpha value is -2.98. The van der Waals surface area contributed by atoms with E-state index >= 15 is 0 Å². The number of aromatic nitrogens is 7. The van der Waals surface area contributed by atoms with Crippen molar-refractivity contribution in [1.29, 1.82) is 0 Å². The molecular formula is C22H26N9O6PS. The van der Waals surface area contributed by atoms with Crippen LogP contribution in [0, 0.1) is 5.92 Å². The van der Waals surface area contributed by atoms with E-state index < -0.39 is 24.6 Å². The molecule has 4 aromatic rings. The molecular weight excluding hydrogens is 549 g/mol. The predicted molar refractivity (Wildman–Crippen MR) is 142 cm³/mol. The number of H-pyrrole nitrogens is 1. The average molecular weight is 576 g/mol. The maximum Gasteiger partial charge on any atom is 0.325 e. The summed E-state index contributed by atoms with van der Waals surface area (Å²) in [5.41, 5.74) is 12.4. The molecule has 3 aliphatic rings. The Morgan fingerprint density at radius 1 is 1.10 bits per heavy atom. The molecule has 3 aliphatic heterocycles. The van der Waals surface area contributed by atoms with Gasteiger partial charge >= 0.3 is 6.72 Å². The summed E-state index contributed by atoms with van der Waals surface area (Å²) in [4.78, 5) is 42.6. The van der Waals surface area contributed by atoms with Crippen LogP contribution in [0.5, 0.6) is 0 Å². The van der Waals surface area contributed by atoms with Gasteiger partial charge in [-0.2, -0.15) is 4.98 Å². The summed E-state index contributed by atoms with van der Waals surface area (Å²) in [7, 11) is 0. The van der Waals surface area contributed by atoms with Crippen molar-refractivity contribution in [3.63, 3.8) is 0 Å². The topological polar surface area (TPSA) is 203 Å². The van der Waals surface area contributed by atoms with Crippen molar-refractivity contribution in [2.75, 3.05) is 18.1 Å². The third-order valence-corrected chi connectivity index (χ3v) is 9.20. The van der Waals surface area contributed by atoms with Crippen LogP contribution in [0.3, 0.4) is 0 Å². The lowest BCUT2D eigenvalue weighted by molar-refractivity contribution is -0.0513. The number of hydrogen-bond acceptors (Lipinski definition) is 12. The van der Waals surface area contributed by atoms with E-state index in [2.05, 4.69) is 24.9 Å². The van der Waals surface area contributed by atoms with E-state index in [1.807, 2.05) is 16.8 Å². The van der Waals surface area contributed by atoms with E-state index in [-0.39, 0.29) is 48.1 Å². The molecule has 3 saturated heterocycles. The van der Waals surface area contributed by atoms with Crippen molar-refractivity contribution in [2.24, 2.45) is 5.92 Å². The molecule has 1 unspecified atom stereocenters. The number of nitrogen functional groups attached to an aromatic ring is 2. The van der Waals surface area contributed by atoms with Gasteiger partial charge in [0.2, 0.25) is 5.95 Å². The number of aromatic amines is 1. The van der Waals surface area contributed by atoms with Gasteiger partial charge in [0.25, 0.3) is 5.56 Å². The summed E-state index contributed by atoms with van der Waals surface area (Å²) in [6, 6.07) is 1.87. The summed E-state index contributed by atoms with van der Waals surface area (Å²) < 4.78 is 28.1. The third-order valence-electron chi connectivity index (χ3n) is 7.61. The molecule has 0 spiro atoms. The molecule has 6 N–H and O–H groups in total. The highest BCUT2D eigenvalue weighted by atomic mass is 32.5. The lowest BCUT2D eigenvalue weighted by Gasteiger charge is -2.26. The number of imidazole rings is 1. The van der Waals surface area contributed by atoms with Crippen molar-refractivity contribution in [3.05, 3.63) is 35.3 Å². The minimum atomic E-state index is -3.68. The summed E-state index contributed by atoms with van der Waals surface area (Å²) in [5.74, 6) is 0.469. The smallest absolute Gasteiger partial charge is 0.325 e. The highest BCUT2D eigenvalue weighted by Gasteiger charge is 2.44. The van der Waals surface area contributed by atoms with Gasteiger partial charge in [-0.15, -0.1) is 0 Å². The first-order valence-corrected chi connectivity index (χ1v) is 15.1. The first kappa shape index (κ1) is 25.0. The molecule has 17 heteroatoms. The minimum absolute atomic E-state index is 0.0438. The lowest BCUT2D eigenvalue weighted by atomic mass is 9.93. The second kappa shape index (κ2) is 9.30. The monoisotopic (exact) mass is 575 g/mol. The molecule has 0 radical (unpaired) electrons. The Bertz CT molecular complexity index is 1670. The zero-order chi connectivity index (χ0) is 26.9. The van der Waals surface area contributed by atoms with Crippen LogP contribution in [0.4, 0.5) is 11.8 Å². The Morgan fingerprint density at radius 2 is 1.97 bits per heavy atom. The zero-order valence-electron chi connectivity index (χ0n) is 20.5. The molecule has 0 amide bonds. The number of nitrogens with one attached hydrogen (secondary N) is 1. The van der Waals surface area contributed by atoms with Gasteiger partial charge in [-0.3, -0.25) is 14.3 Å². The van der Waals surface area contributed by atoms with Crippen LogP contribution < -0.4 is 17.0 Å². The Kier molecular flexibility index (Phi) is 5.97. The van der Waals surface area contributed by atoms with E-state index in [0.29, 0.717) is 30.7 Å². The van der Waals surface area contributed by atoms with Gasteiger partial charge < -0.3 is 39.4 Å². The van der Waals surface area contributed by atoms with Crippen LogP contribution in [-0.4, -0.2) is 63.9 Å². The molecule has 7 atom stereocenters. The van der Waals surface area contributed by atoms with Crippen LogP contribution in [0.25, 0.3) is 22.2 Å². The van der Waals surface area contributed by atoms with E-state index in [0.717, 1.165) is 11.8 Å². The fourth-order valence-corrected chi connectivity index (χ4v) is 7.24. The van der Waals surface area contributed by atoms with Gasteiger partial charge in [0.05, 0.1) is 30.5 Å². The van der Waals surface area contributed by atoms with Crippen molar-refractivity contribution in [2.45, 2.75) is 56.5 Å². The number of fused-ring (bicyclic) bond motifs is 5. The van der Waals surface area contributed by atoms with Gasteiger partial charge in [-0.1, -0.05) is 0 Å². The standard InChI is InChI=1S/C22H26N9O6PS/c23-17-12-3-4-30(18(12)26-8-25-17)15-5-10-1-2-11-6-13(37-38(33,39)34-7-14(10)36-15)21(35-11)31-9-27-16-19(31)28-22(24)29-20(16)32/h3-4,8-11,13-15,21H,1-2,5-7H2,(H,33,39)(H2,23,25,26)(H3,24,28,29,32)/t10-,11-,13+,14+,15+,21+,38?/m0/s1. The van der Waals surface area contributed by atoms with Crippen LogP contribution in [0.2, 0.25) is 0 Å². The van der Waals surface area contributed by atoms with Crippen molar-refractivity contribution in [3.8, 4) is 0 Å². The first-order chi connectivity index (χ1) is 18.8. The number of rotatable bonds is 2. The molecule has 3 fully saturated rings. The first-order valence-electron chi connectivity index (χ1n) is 12.5. The summed E-state index contributed by atoms with van der Waals surface area (Å²) in [6.45, 7) is -3.60. The molecule has 2 bridgehead atoms. The highest BCUT2D eigenvalue weighted by molar-refractivity contribution is 8.07. The Morgan fingerprint density at radius 3 is 2.85 bits per heavy atom. The lowest BCUT2D eigenvalue weighted by Crippen LogP contribution is -2.25. The molecule has 4 aromatic heterocycles. The van der Waals surface area contributed by atoms with Crippen molar-refractivity contribution in [1.82, 2.24) is 34.1 Å². The van der Waals surface area contributed by atoms with Gasteiger partial charge in [-0.25, -0.2) is 15.0 Å². The fourth-order valence-electron chi connectivity index (χ4n) is 5.80. The van der Waals surface area contributed by atoms with Crippen LogP contribution >= 0.6 is 6.72 Å². The van der Waals surface area contributed by atoms with Gasteiger partial charge in [0.15, 0.2) is 17.4 Å². The third kappa shape index (κ3) is 4.41. The molecule has 0 aliphatic carbocycles. The summed E-state index contributed by atoms with van der Waals surface area (Å²) in [6.07, 6.45) is 5.25. The zero-order valence-corrected chi connectivity index (χ0v) is 22.2. The number of anilines is 2. The normalized spacial score (nSPS) is 33.4. The van der Waals surface area contributed by atoms with Crippen LogP contribution in [-0.2, 0) is 30.3 Å². The Balaban J connectivity index is 1.16. The molecule has 7 rings (SSSR count). The molecule has 0 aromatic carbocycles. The number of nitrogens with zero attached hydrogens (tertiary/aromatic N) is 6. The number of nitrogens with two attached hydrogens (primary N) is 2. The minimum Gasteiger partial charge on any atom is -0.383 e.